The number of hydrogen-bond acceptors (Lipinski definition) is 7. The number of carbonyl (C=O) groups is 1. The van der Waals surface area contributed by atoms with Crippen LogP contribution in [0.25, 0.3) is 11.1 Å². The van der Waals surface area contributed by atoms with Crippen molar-refractivity contribution in [3.63, 3.8) is 0 Å². The van der Waals surface area contributed by atoms with Gasteiger partial charge in [-0.2, -0.15) is 0 Å². The summed E-state index contributed by atoms with van der Waals surface area (Å²) in [6, 6.07) is 10.8. The van der Waals surface area contributed by atoms with Crippen LogP contribution in [0.3, 0.4) is 0 Å². The number of benzene rings is 1. The predicted octanol–water partition coefficient (Wildman–Crippen LogP) is 2.57. The standard InChI is InChI=1S/C22H22N6O2/c23-20-4-3-15(16-10-18(14-26-12-16)28-6-8-30-9-7-28)11-19(20)21(24)22(29)27-17-2-1-5-25-13-17/h1-5,10-14,24H,6-9,23H2,(H,27,29). The molecule has 4 N–H and O–H groups in total. The van der Waals surface area contributed by atoms with Gasteiger partial charge in [0.1, 0.15) is 5.71 Å². The average molecular weight is 402 g/mol. The Bertz CT molecular complexity index is 1060. The Morgan fingerprint density at radius 1 is 1.07 bits per heavy atom. The van der Waals surface area contributed by atoms with Gasteiger partial charge in [-0.05, 0) is 35.9 Å². The zero-order chi connectivity index (χ0) is 20.9. The summed E-state index contributed by atoms with van der Waals surface area (Å²) in [5.74, 6) is -0.549. The lowest BCUT2D eigenvalue weighted by Crippen LogP contribution is -2.36. The number of anilines is 3. The topological polar surface area (TPSA) is 117 Å². The van der Waals surface area contributed by atoms with Gasteiger partial charge < -0.3 is 20.7 Å². The highest BCUT2D eigenvalue weighted by molar-refractivity contribution is 6.48. The SMILES string of the molecule is N=C(C(=O)Nc1cccnc1)c1cc(-c2cncc(N3CCOCC3)c2)ccc1N. The van der Waals surface area contributed by atoms with Gasteiger partial charge in [-0.1, -0.05) is 6.07 Å². The van der Waals surface area contributed by atoms with Crippen molar-refractivity contribution >= 4 is 28.7 Å². The fourth-order valence-electron chi connectivity index (χ4n) is 3.29. The highest BCUT2D eigenvalue weighted by Crippen LogP contribution is 2.27. The number of nitrogen functional groups attached to an aromatic ring is 1. The summed E-state index contributed by atoms with van der Waals surface area (Å²) in [6.07, 6.45) is 6.73. The van der Waals surface area contributed by atoms with Crippen LogP contribution in [0.2, 0.25) is 0 Å². The van der Waals surface area contributed by atoms with E-state index in [1.165, 1.54) is 6.20 Å². The molecule has 152 valence electrons. The minimum atomic E-state index is -0.549. The molecule has 0 spiro atoms. The lowest BCUT2D eigenvalue weighted by atomic mass is 9.99. The molecule has 1 amide bonds. The van der Waals surface area contributed by atoms with E-state index >= 15 is 0 Å². The molecule has 1 aliphatic rings. The molecule has 0 bridgehead atoms. The van der Waals surface area contributed by atoms with Gasteiger partial charge in [0.15, 0.2) is 0 Å². The van der Waals surface area contributed by atoms with E-state index in [-0.39, 0.29) is 5.71 Å². The number of amides is 1. The molecule has 0 radical (unpaired) electrons. The number of hydrogen-bond donors (Lipinski definition) is 3. The zero-order valence-electron chi connectivity index (χ0n) is 16.3. The third kappa shape index (κ3) is 4.28. The molecule has 3 heterocycles. The summed E-state index contributed by atoms with van der Waals surface area (Å²) < 4.78 is 5.41. The molecule has 1 aliphatic heterocycles. The van der Waals surface area contributed by atoms with E-state index in [2.05, 4.69) is 20.2 Å². The molecule has 0 aliphatic carbocycles. The van der Waals surface area contributed by atoms with Crippen LogP contribution < -0.4 is 16.0 Å². The molecule has 1 saturated heterocycles. The van der Waals surface area contributed by atoms with Crippen molar-refractivity contribution in [1.29, 1.82) is 5.41 Å². The number of aromatic nitrogens is 2. The largest absolute Gasteiger partial charge is 0.398 e. The third-order valence-electron chi connectivity index (χ3n) is 4.90. The van der Waals surface area contributed by atoms with Crippen molar-refractivity contribution in [3.05, 3.63) is 66.7 Å². The van der Waals surface area contributed by atoms with Crippen LogP contribution in [-0.4, -0.2) is 47.9 Å². The van der Waals surface area contributed by atoms with Crippen LogP contribution in [0.5, 0.6) is 0 Å². The first-order valence-electron chi connectivity index (χ1n) is 9.60. The van der Waals surface area contributed by atoms with Crippen LogP contribution in [0, 0.1) is 5.41 Å². The number of nitrogens with zero attached hydrogens (tertiary/aromatic N) is 3. The van der Waals surface area contributed by atoms with E-state index in [1.807, 2.05) is 18.3 Å². The molecule has 0 atom stereocenters. The Hall–Kier alpha value is -3.78. The summed E-state index contributed by atoms with van der Waals surface area (Å²) in [4.78, 5) is 23.1. The Morgan fingerprint density at radius 2 is 1.90 bits per heavy atom. The first kappa shape index (κ1) is 19.5. The molecule has 1 aromatic carbocycles. The molecule has 4 rings (SSSR count). The van der Waals surface area contributed by atoms with Gasteiger partial charge in [-0.15, -0.1) is 0 Å². The maximum absolute atomic E-state index is 12.5. The number of morpholine rings is 1. The average Bonchev–Trinajstić information content (AvgIpc) is 2.80. The van der Waals surface area contributed by atoms with Crippen molar-refractivity contribution in [2.24, 2.45) is 0 Å². The molecule has 30 heavy (non-hydrogen) atoms. The van der Waals surface area contributed by atoms with Gasteiger partial charge in [-0.25, -0.2) is 0 Å². The maximum atomic E-state index is 12.5. The second-order valence-electron chi connectivity index (χ2n) is 6.90. The molecule has 1 fully saturated rings. The Labute approximate surface area is 174 Å². The zero-order valence-corrected chi connectivity index (χ0v) is 16.3. The summed E-state index contributed by atoms with van der Waals surface area (Å²) in [6.45, 7) is 3.02. The fourth-order valence-corrected chi connectivity index (χ4v) is 3.29. The van der Waals surface area contributed by atoms with E-state index in [9.17, 15) is 4.79 Å². The summed E-state index contributed by atoms with van der Waals surface area (Å²) >= 11 is 0. The predicted molar refractivity (Wildman–Crippen MR) is 117 cm³/mol. The Kier molecular flexibility index (Phi) is 5.67. The molecular weight excluding hydrogens is 380 g/mol. The Balaban J connectivity index is 1.59. The normalized spacial score (nSPS) is 13.7. The minimum absolute atomic E-state index is 0.213. The van der Waals surface area contributed by atoms with Crippen molar-refractivity contribution in [1.82, 2.24) is 9.97 Å². The van der Waals surface area contributed by atoms with Gasteiger partial charge in [0.25, 0.3) is 5.91 Å². The number of nitrogens with two attached hydrogens (primary N) is 1. The van der Waals surface area contributed by atoms with Crippen molar-refractivity contribution in [2.45, 2.75) is 0 Å². The van der Waals surface area contributed by atoms with Crippen LogP contribution in [-0.2, 0) is 9.53 Å². The van der Waals surface area contributed by atoms with Gasteiger partial charge >= 0.3 is 0 Å². The van der Waals surface area contributed by atoms with E-state index in [4.69, 9.17) is 15.9 Å². The minimum Gasteiger partial charge on any atom is -0.398 e. The van der Waals surface area contributed by atoms with E-state index in [1.54, 1.807) is 36.7 Å². The number of carbonyl (C=O) groups excluding carboxylic acids is 1. The van der Waals surface area contributed by atoms with Gasteiger partial charge in [0.05, 0.1) is 37.0 Å². The van der Waals surface area contributed by atoms with Crippen molar-refractivity contribution in [2.75, 3.05) is 42.3 Å². The molecule has 0 unspecified atom stereocenters. The number of ether oxygens (including phenoxy) is 1. The highest BCUT2D eigenvalue weighted by Gasteiger charge is 2.17. The smallest absolute Gasteiger partial charge is 0.274 e. The third-order valence-corrected chi connectivity index (χ3v) is 4.90. The highest BCUT2D eigenvalue weighted by atomic mass is 16.5. The van der Waals surface area contributed by atoms with Crippen LogP contribution in [0.1, 0.15) is 5.56 Å². The number of nitrogens with one attached hydrogen (secondary N) is 2. The van der Waals surface area contributed by atoms with E-state index < -0.39 is 5.91 Å². The molecule has 2 aromatic heterocycles. The fraction of sp³-hybridized carbons (Fsp3) is 0.182. The quantitative estimate of drug-likeness (QED) is 0.446. The summed E-state index contributed by atoms with van der Waals surface area (Å²) in [5.41, 5.74) is 9.85. The van der Waals surface area contributed by atoms with Crippen LogP contribution >= 0.6 is 0 Å². The lowest BCUT2D eigenvalue weighted by Gasteiger charge is -2.28. The first-order valence-corrected chi connectivity index (χ1v) is 9.60. The number of rotatable bonds is 5. The molecular formula is C22H22N6O2. The van der Waals surface area contributed by atoms with Gasteiger partial charge in [-0.3, -0.25) is 20.2 Å². The van der Waals surface area contributed by atoms with Crippen LogP contribution in [0.15, 0.2) is 61.2 Å². The molecule has 3 aromatic rings. The molecule has 8 nitrogen and oxygen atoms in total. The van der Waals surface area contributed by atoms with Gasteiger partial charge in [0.2, 0.25) is 0 Å². The monoisotopic (exact) mass is 402 g/mol. The maximum Gasteiger partial charge on any atom is 0.274 e. The lowest BCUT2D eigenvalue weighted by molar-refractivity contribution is -0.110. The molecule has 8 heteroatoms. The van der Waals surface area contributed by atoms with E-state index in [0.29, 0.717) is 30.2 Å². The summed E-state index contributed by atoms with van der Waals surface area (Å²) in [5, 5.41) is 11.0. The number of pyridine rings is 2. The second kappa shape index (κ2) is 8.71. The van der Waals surface area contributed by atoms with Crippen molar-refractivity contribution in [3.8, 4) is 11.1 Å². The summed E-state index contributed by atoms with van der Waals surface area (Å²) in [7, 11) is 0. The first-order chi connectivity index (χ1) is 14.6. The second-order valence-corrected chi connectivity index (χ2v) is 6.90. The van der Waals surface area contributed by atoms with Crippen LogP contribution in [0.4, 0.5) is 17.1 Å². The molecule has 0 saturated carbocycles. The van der Waals surface area contributed by atoms with Gasteiger partial charge in [0, 0.05) is 42.3 Å². The van der Waals surface area contributed by atoms with Crippen molar-refractivity contribution < 1.29 is 9.53 Å². The van der Waals surface area contributed by atoms with E-state index in [0.717, 1.165) is 29.9 Å². The Morgan fingerprint density at radius 3 is 2.67 bits per heavy atom.